The molecular formula is C34H66O10. The fraction of sp³-hybridized carbons (Fsp3) is 0.941. The smallest absolute Gasteiger partial charge is 0.305 e. The van der Waals surface area contributed by atoms with E-state index < -0.39 is 0 Å². The van der Waals surface area contributed by atoms with Crippen molar-refractivity contribution in [2.75, 3.05) is 92.5 Å². The van der Waals surface area contributed by atoms with Crippen molar-refractivity contribution in [2.24, 2.45) is 0 Å². The third-order valence-electron chi connectivity index (χ3n) is 6.81. The van der Waals surface area contributed by atoms with Crippen molar-refractivity contribution >= 4 is 11.9 Å². The minimum atomic E-state index is -0.147. The highest BCUT2D eigenvalue weighted by Gasteiger charge is 2.04. The molecule has 10 nitrogen and oxygen atoms in total. The first-order valence-corrected chi connectivity index (χ1v) is 17.5. The van der Waals surface area contributed by atoms with E-state index >= 15 is 0 Å². The Bertz CT molecular complexity index is 590. The molecule has 0 aromatic heterocycles. The van der Waals surface area contributed by atoms with Gasteiger partial charge in [0, 0.05) is 12.8 Å². The number of rotatable bonds is 37. The summed E-state index contributed by atoms with van der Waals surface area (Å²) in [5.74, 6) is -0.284. The molecule has 0 heterocycles. The summed E-state index contributed by atoms with van der Waals surface area (Å²) >= 11 is 0. The second-order valence-corrected chi connectivity index (χ2v) is 10.9. The van der Waals surface area contributed by atoms with E-state index in [9.17, 15) is 9.59 Å². The molecule has 0 rings (SSSR count). The van der Waals surface area contributed by atoms with Gasteiger partial charge in [-0.3, -0.25) is 9.59 Å². The van der Waals surface area contributed by atoms with Crippen LogP contribution >= 0.6 is 0 Å². The van der Waals surface area contributed by atoms with Gasteiger partial charge in [0.2, 0.25) is 0 Å². The number of hydrogen-bond donors (Lipinski definition) is 0. The van der Waals surface area contributed by atoms with Crippen molar-refractivity contribution in [3.63, 3.8) is 0 Å². The molecular weight excluding hydrogens is 568 g/mol. The maximum atomic E-state index is 11.8. The Kier molecular flexibility index (Phi) is 36.8. The molecule has 0 radical (unpaired) electrons. The standard InChI is InChI=1S/C34H66O10/c1-3-5-7-9-10-11-12-14-16-18-34(36)44-32-30-42-28-26-40-24-22-38-20-19-37-21-23-39-25-27-41-29-31-43-33(35)17-15-13-8-6-4-2/h3-32H2,1-2H3. The third kappa shape index (κ3) is 36.9. The van der Waals surface area contributed by atoms with E-state index in [-0.39, 0.29) is 25.2 Å². The third-order valence-corrected chi connectivity index (χ3v) is 6.81. The Hall–Kier alpha value is -1.30. The number of unbranched alkanes of at least 4 members (excludes halogenated alkanes) is 12. The summed E-state index contributed by atoms with van der Waals surface area (Å²) in [4.78, 5) is 23.4. The SMILES string of the molecule is CCCCCCCCCCCC(=O)OCCOCCOCCOCCOCCOCCOCCOC(=O)CCCCCCC. The van der Waals surface area contributed by atoms with Crippen molar-refractivity contribution in [1.82, 2.24) is 0 Å². The molecule has 0 aromatic carbocycles. The van der Waals surface area contributed by atoms with Gasteiger partial charge in [-0.25, -0.2) is 0 Å². The molecule has 0 atom stereocenters. The van der Waals surface area contributed by atoms with Gasteiger partial charge in [0.05, 0.1) is 79.3 Å². The molecule has 0 aliphatic carbocycles. The Morgan fingerprint density at radius 1 is 0.318 bits per heavy atom. The van der Waals surface area contributed by atoms with E-state index in [1.165, 1.54) is 64.2 Å². The predicted octanol–water partition coefficient (Wildman–Crippen LogP) is 6.45. The first kappa shape index (κ1) is 42.7. The fourth-order valence-corrected chi connectivity index (χ4v) is 4.23. The van der Waals surface area contributed by atoms with Crippen LogP contribution in [0.3, 0.4) is 0 Å². The molecule has 10 heteroatoms. The lowest BCUT2D eigenvalue weighted by Crippen LogP contribution is -2.15. The molecule has 0 fully saturated rings. The van der Waals surface area contributed by atoms with Crippen LogP contribution in [-0.2, 0) is 47.5 Å². The molecule has 0 aromatic rings. The summed E-state index contributed by atoms with van der Waals surface area (Å²) in [6, 6.07) is 0. The Balaban J connectivity index is 3.16. The summed E-state index contributed by atoms with van der Waals surface area (Å²) in [6.45, 7) is 10.5. The Morgan fingerprint density at radius 2 is 0.545 bits per heavy atom. The van der Waals surface area contributed by atoms with Crippen LogP contribution in [0.25, 0.3) is 0 Å². The minimum Gasteiger partial charge on any atom is -0.463 e. The summed E-state index contributed by atoms with van der Waals surface area (Å²) < 4.78 is 43.1. The zero-order valence-electron chi connectivity index (χ0n) is 28.3. The lowest BCUT2D eigenvalue weighted by atomic mass is 10.1. The van der Waals surface area contributed by atoms with E-state index in [0.717, 1.165) is 25.7 Å². The van der Waals surface area contributed by atoms with Crippen molar-refractivity contribution in [1.29, 1.82) is 0 Å². The molecule has 0 amide bonds. The van der Waals surface area contributed by atoms with Gasteiger partial charge >= 0.3 is 11.9 Å². The van der Waals surface area contributed by atoms with E-state index in [4.69, 9.17) is 37.9 Å². The van der Waals surface area contributed by atoms with Crippen LogP contribution < -0.4 is 0 Å². The van der Waals surface area contributed by atoms with Crippen LogP contribution in [0.4, 0.5) is 0 Å². The van der Waals surface area contributed by atoms with Crippen LogP contribution in [-0.4, -0.2) is 104 Å². The van der Waals surface area contributed by atoms with Gasteiger partial charge in [-0.05, 0) is 12.8 Å². The van der Waals surface area contributed by atoms with Gasteiger partial charge < -0.3 is 37.9 Å². The molecule has 0 spiro atoms. The lowest BCUT2D eigenvalue weighted by Gasteiger charge is -2.09. The molecule has 44 heavy (non-hydrogen) atoms. The number of esters is 2. The highest BCUT2D eigenvalue weighted by molar-refractivity contribution is 5.69. The maximum Gasteiger partial charge on any atom is 0.305 e. The van der Waals surface area contributed by atoms with Crippen LogP contribution in [0.1, 0.15) is 117 Å². The molecule has 0 saturated carbocycles. The quantitative estimate of drug-likeness (QED) is 0.0559. The summed E-state index contributed by atoms with van der Waals surface area (Å²) in [5, 5.41) is 0. The van der Waals surface area contributed by atoms with Crippen molar-refractivity contribution < 1.29 is 47.5 Å². The van der Waals surface area contributed by atoms with E-state index in [2.05, 4.69) is 13.8 Å². The molecule has 0 unspecified atom stereocenters. The fourth-order valence-electron chi connectivity index (χ4n) is 4.23. The summed E-state index contributed by atoms with van der Waals surface area (Å²) in [6.07, 6.45) is 17.7. The van der Waals surface area contributed by atoms with Crippen molar-refractivity contribution in [3.8, 4) is 0 Å². The minimum absolute atomic E-state index is 0.137. The Morgan fingerprint density at radius 3 is 0.818 bits per heavy atom. The number of carbonyl (C=O) groups is 2. The van der Waals surface area contributed by atoms with Crippen LogP contribution in [0.15, 0.2) is 0 Å². The first-order valence-electron chi connectivity index (χ1n) is 17.5. The number of hydrogen-bond acceptors (Lipinski definition) is 10. The van der Waals surface area contributed by atoms with E-state index in [1.807, 2.05) is 0 Å². The lowest BCUT2D eigenvalue weighted by molar-refractivity contribution is -0.146. The van der Waals surface area contributed by atoms with Gasteiger partial charge in [0.15, 0.2) is 0 Å². The predicted molar refractivity (Wildman–Crippen MR) is 172 cm³/mol. The maximum absolute atomic E-state index is 11.8. The topological polar surface area (TPSA) is 108 Å². The van der Waals surface area contributed by atoms with Gasteiger partial charge in [0.1, 0.15) is 13.2 Å². The molecule has 0 N–H and O–H groups in total. The van der Waals surface area contributed by atoms with E-state index in [1.54, 1.807) is 0 Å². The highest BCUT2D eigenvalue weighted by atomic mass is 16.6. The van der Waals surface area contributed by atoms with Crippen molar-refractivity contribution in [3.05, 3.63) is 0 Å². The van der Waals surface area contributed by atoms with Gasteiger partial charge in [0.25, 0.3) is 0 Å². The second kappa shape index (κ2) is 37.9. The summed E-state index contributed by atoms with van der Waals surface area (Å²) in [7, 11) is 0. The average molecular weight is 635 g/mol. The molecule has 262 valence electrons. The largest absolute Gasteiger partial charge is 0.463 e. The zero-order chi connectivity index (χ0) is 32.0. The zero-order valence-corrected chi connectivity index (χ0v) is 28.3. The van der Waals surface area contributed by atoms with Crippen LogP contribution in [0.5, 0.6) is 0 Å². The highest BCUT2D eigenvalue weighted by Crippen LogP contribution is 2.11. The van der Waals surface area contributed by atoms with Crippen LogP contribution in [0, 0.1) is 0 Å². The number of carbonyl (C=O) groups excluding carboxylic acids is 2. The normalized spacial score (nSPS) is 11.2. The summed E-state index contributed by atoms with van der Waals surface area (Å²) in [5.41, 5.74) is 0. The van der Waals surface area contributed by atoms with Gasteiger partial charge in [-0.2, -0.15) is 0 Å². The molecule has 0 aliphatic heterocycles. The van der Waals surface area contributed by atoms with E-state index in [0.29, 0.717) is 92.1 Å². The number of ether oxygens (including phenoxy) is 8. The van der Waals surface area contributed by atoms with Gasteiger partial charge in [-0.1, -0.05) is 90.9 Å². The second-order valence-electron chi connectivity index (χ2n) is 10.9. The van der Waals surface area contributed by atoms with Crippen molar-refractivity contribution in [2.45, 2.75) is 117 Å². The van der Waals surface area contributed by atoms with Gasteiger partial charge in [-0.15, -0.1) is 0 Å². The monoisotopic (exact) mass is 634 g/mol. The molecule has 0 saturated heterocycles. The first-order chi connectivity index (χ1) is 21.7. The molecule has 0 aliphatic rings. The van der Waals surface area contributed by atoms with Crippen LogP contribution in [0.2, 0.25) is 0 Å². The average Bonchev–Trinajstić information content (AvgIpc) is 3.02. The Labute approximate surface area is 268 Å². The molecule has 0 bridgehead atoms.